The van der Waals surface area contributed by atoms with Gasteiger partial charge in [0.2, 0.25) is 0 Å². The molecule has 0 bridgehead atoms. The maximum atomic E-state index is 9.48. The Morgan fingerprint density at radius 2 is 2.50 bits per heavy atom. The van der Waals surface area contributed by atoms with E-state index in [-0.39, 0.29) is 18.5 Å². The van der Waals surface area contributed by atoms with E-state index in [0.29, 0.717) is 11.0 Å². The van der Waals surface area contributed by atoms with Crippen LogP contribution in [0.25, 0.3) is 0 Å². The number of aliphatic hydroxyl groups is 1. The van der Waals surface area contributed by atoms with E-state index in [2.05, 4.69) is 9.88 Å². The molecule has 0 amide bonds. The molecule has 2 heterocycles. The predicted octanol–water partition coefficient (Wildman–Crippen LogP) is 1.35. The summed E-state index contributed by atoms with van der Waals surface area (Å²) in [7, 11) is 0. The Bertz CT molecular complexity index is 332. The van der Waals surface area contributed by atoms with E-state index < -0.39 is 0 Å². The fourth-order valence-electron chi connectivity index (χ4n) is 2.02. The van der Waals surface area contributed by atoms with Gasteiger partial charge in [-0.25, -0.2) is 4.98 Å². The van der Waals surface area contributed by atoms with Crippen molar-refractivity contribution >= 4 is 28.9 Å². The molecule has 0 saturated carbocycles. The van der Waals surface area contributed by atoms with Gasteiger partial charge in [-0.2, -0.15) is 0 Å². The van der Waals surface area contributed by atoms with E-state index in [0.717, 1.165) is 26.1 Å². The van der Waals surface area contributed by atoms with E-state index in [9.17, 15) is 5.11 Å². The lowest BCUT2D eigenvalue weighted by molar-refractivity contribution is 0.127. The lowest BCUT2D eigenvalue weighted by Crippen LogP contribution is -2.23. The van der Waals surface area contributed by atoms with Crippen molar-refractivity contribution in [3.8, 4) is 0 Å². The van der Waals surface area contributed by atoms with Crippen LogP contribution in [0.15, 0.2) is 6.20 Å². The maximum absolute atomic E-state index is 9.48. The maximum Gasteiger partial charge on any atom is 0.180 e. The number of rotatable bonds is 3. The van der Waals surface area contributed by atoms with Crippen molar-refractivity contribution in [2.45, 2.75) is 26.0 Å². The third-order valence-corrected chi connectivity index (χ3v) is 3.75. The fraction of sp³-hybridized carbons (Fsp3) is 0.700. The molecule has 0 aromatic carbocycles. The monoisotopic (exact) mass is 263 g/mol. The van der Waals surface area contributed by atoms with E-state index in [1.165, 1.54) is 4.88 Å². The Morgan fingerprint density at radius 3 is 3.00 bits per heavy atom. The number of hydrogen-bond acceptors (Lipinski definition) is 5. The highest BCUT2D eigenvalue weighted by molar-refractivity contribution is 7.15. The minimum Gasteiger partial charge on any atom is -0.393 e. The van der Waals surface area contributed by atoms with Crippen LogP contribution in [0.5, 0.6) is 0 Å². The number of nitrogen functional groups attached to an aromatic ring is 1. The van der Waals surface area contributed by atoms with Crippen molar-refractivity contribution in [3.05, 3.63) is 11.1 Å². The number of nitrogens with zero attached hydrogens (tertiary/aromatic N) is 2. The molecule has 1 aromatic rings. The Hall–Kier alpha value is -0.360. The van der Waals surface area contributed by atoms with Gasteiger partial charge < -0.3 is 10.8 Å². The van der Waals surface area contributed by atoms with Gasteiger partial charge in [0.15, 0.2) is 5.13 Å². The van der Waals surface area contributed by atoms with Crippen LogP contribution in [0, 0.1) is 5.92 Å². The van der Waals surface area contributed by atoms with Gasteiger partial charge in [-0.05, 0) is 25.8 Å². The number of thiazole rings is 1. The van der Waals surface area contributed by atoms with E-state index in [1.807, 2.05) is 13.1 Å². The van der Waals surface area contributed by atoms with Crippen LogP contribution in [-0.4, -0.2) is 34.2 Å². The molecule has 4 nitrogen and oxygen atoms in total. The second-order valence-electron chi connectivity index (χ2n) is 4.19. The number of nitrogens with two attached hydrogens (primary N) is 1. The molecule has 2 atom stereocenters. The van der Waals surface area contributed by atoms with Gasteiger partial charge >= 0.3 is 0 Å². The third-order valence-electron chi connectivity index (χ3n) is 2.94. The topological polar surface area (TPSA) is 62.4 Å². The summed E-state index contributed by atoms with van der Waals surface area (Å²) in [6, 6.07) is 0. The fourth-order valence-corrected chi connectivity index (χ4v) is 2.74. The SMILES string of the molecule is CC(O)C1CCN(Cc2cnc(N)s2)C1.Cl. The minimum atomic E-state index is -0.193. The zero-order valence-corrected chi connectivity index (χ0v) is 10.9. The largest absolute Gasteiger partial charge is 0.393 e. The lowest BCUT2D eigenvalue weighted by atomic mass is 10.0. The predicted molar refractivity (Wildman–Crippen MR) is 68.8 cm³/mol. The van der Waals surface area contributed by atoms with Gasteiger partial charge in [0, 0.05) is 24.2 Å². The summed E-state index contributed by atoms with van der Waals surface area (Å²) in [6.45, 7) is 4.83. The molecule has 0 radical (unpaired) electrons. The van der Waals surface area contributed by atoms with Crippen molar-refractivity contribution in [3.63, 3.8) is 0 Å². The second-order valence-corrected chi connectivity index (χ2v) is 5.34. The van der Waals surface area contributed by atoms with Gasteiger partial charge in [-0.15, -0.1) is 23.7 Å². The summed E-state index contributed by atoms with van der Waals surface area (Å²) >= 11 is 1.55. The molecule has 2 unspecified atom stereocenters. The standard InChI is InChI=1S/C10H17N3OS.ClH/c1-7(14)8-2-3-13(5-8)6-9-4-12-10(11)15-9;/h4,7-8,14H,2-3,5-6H2,1H3,(H2,11,12);1H. The summed E-state index contributed by atoms with van der Waals surface area (Å²) in [5.41, 5.74) is 5.58. The summed E-state index contributed by atoms with van der Waals surface area (Å²) in [4.78, 5) is 7.59. The van der Waals surface area contributed by atoms with Gasteiger partial charge in [0.05, 0.1) is 6.10 Å². The molecule has 1 aliphatic heterocycles. The first-order valence-corrected chi connectivity index (χ1v) is 6.07. The highest BCUT2D eigenvalue weighted by Gasteiger charge is 2.25. The van der Waals surface area contributed by atoms with Crippen LogP contribution in [0.3, 0.4) is 0 Å². The van der Waals surface area contributed by atoms with Crippen LogP contribution < -0.4 is 5.73 Å². The minimum absolute atomic E-state index is 0. The first-order chi connectivity index (χ1) is 7.15. The second kappa shape index (κ2) is 5.82. The number of aromatic nitrogens is 1. The normalized spacial score (nSPS) is 23.0. The van der Waals surface area contributed by atoms with Crippen molar-refractivity contribution in [1.29, 1.82) is 0 Å². The Labute approximate surface area is 106 Å². The molecule has 2 rings (SSSR count). The molecule has 1 aromatic heterocycles. The van der Waals surface area contributed by atoms with Gasteiger partial charge in [-0.3, -0.25) is 4.90 Å². The van der Waals surface area contributed by atoms with Crippen LogP contribution in [-0.2, 0) is 6.54 Å². The first kappa shape index (κ1) is 13.7. The summed E-state index contributed by atoms with van der Waals surface area (Å²) in [5.74, 6) is 0.426. The van der Waals surface area contributed by atoms with Crippen molar-refractivity contribution < 1.29 is 5.11 Å². The number of aliphatic hydroxyl groups excluding tert-OH is 1. The molecule has 16 heavy (non-hydrogen) atoms. The Morgan fingerprint density at radius 1 is 1.75 bits per heavy atom. The van der Waals surface area contributed by atoms with E-state index in [4.69, 9.17) is 5.73 Å². The molecule has 92 valence electrons. The zero-order chi connectivity index (χ0) is 10.8. The molecule has 1 aliphatic rings. The van der Waals surface area contributed by atoms with Crippen molar-refractivity contribution in [1.82, 2.24) is 9.88 Å². The molecule has 6 heteroatoms. The van der Waals surface area contributed by atoms with Gasteiger partial charge in [0.1, 0.15) is 0 Å². The third kappa shape index (κ3) is 3.31. The molecule has 0 aliphatic carbocycles. The molecule has 3 N–H and O–H groups in total. The number of anilines is 1. The Balaban J connectivity index is 0.00000128. The molecule has 1 fully saturated rings. The van der Waals surface area contributed by atoms with E-state index >= 15 is 0 Å². The molecule has 1 saturated heterocycles. The van der Waals surface area contributed by atoms with E-state index in [1.54, 1.807) is 11.3 Å². The average Bonchev–Trinajstić information content (AvgIpc) is 2.76. The lowest BCUT2D eigenvalue weighted by Gasteiger charge is -2.16. The number of hydrogen-bond donors (Lipinski definition) is 2. The Kier molecular flexibility index (Phi) is 4.98. The van der Waals surface area contributed by atoms with Gasteiger partial charge in [-0.1, -0.05) is 0 Å². The van der Waals surface area contributed by atoms with Crippen LogP contribution in [0.1, 0.15) is 18.2 Å². The molecule has 0 spiro atoms. The summed E-state index contributed by atoms with van der Waals surface area (Å²) in [6.07, 6.45) is 2.74. The highest BCUT2D eigenvalue weighted by atomic mass is 35.5. The smallest absolute Gasteiger partial charge is 0.180 e. The van der Waals surface area contributed by atoms with Crippen LogP contribution in [0.4, 0.5) is 5.13 Å². The highest BCUT2D eigenvalue weighted by Crippen LogP contribution is 2.23. The van der Waals surface area contributed by atoms with Crippen molar-refractivity contribution in [2.75, 3.05) is 18.8 Å². The number of likely N-dealkylation sites (tertiary alicyclic amines) is 1. The summed E-state index contributed by atoms with van der Waals surface area (Å²) < 4.78 is 0. The average molecular weight is 264 g/mol. The van der Waals surface area contributed by atoms with Crippen LogP contribution in [0.2, 0.25) is 0 Å². The molecular formula is C10H18ClN3OS. The quantitative estimate of drug-likeness (QED) is 0.864. The van der Waals surface area contributed by atoms with Crippen molar-refractivity contribution in [2.24, 2.45) is 5.92 Å². The van der Waals surface area contributed by atoms with Gasteiger partial charge in [0.25, 0.3) is 0 Å². The first-order valence-electron chi connectivity index (χ1n) is 5.26. The zero-order valence-electron chi connectivity index (χ0n) is 9.30. The summed E-state index contributed by atoms with van der Waals surface area (Å²) in [5, 5.41) is 10.1. The number of halogens is 1. The molecular weight excluding hydrogens is 246 g/mol. The van der Waals surface area contributed by atoms with Crippen LogP contribution >= 0.6 is 23.7 Å².